The SMILES string of the molecule is Cc1ccccc1COc1c(C)cc(CN(C)C(=O)CCN)cc1C. The Morgan fingerprint density at radius 2 is 1.72 bits per heavy atom. The van der Waals surface area contributed by atoms with Gasteiger partial charge in [-0.2, -0.15) is 0 Å². The Bertz CT molecular complexity index is 717. The normalized spacial score (nSPS) is 10.6. The Morgan fingerprint density at radius 1 is 1.08 bits per heavy atom. The Balaban J connectivity index is 2.09. The number of aryl methyl sites for hydroxylation is 3. The largest absolute Gasteiger partial charge is 0.488 e. The fourth-order valence-electron chi connectivity index (χ4n) is 2.96. The van der Waals surface area contributed by atoms with Crippen LogP contribution in [0, 0.1) is 20.8 Å². The molecule has 2 aromatic rings. The molecule has 134 valence electrons. The van der Waals surface area contributed by atoms with E-state index in [0.29, 0.717) is 26.1 Å². The second kappa shape index (κ2) is 8.67. The summed E-state index contributed by atoms with van der Waals surface area (Å²) < 4.78 is 6.08. The predicted octanol–water partition coefficient (Wildman–Crippen LogP) is 3.50. The number of carbonyl (C=O) groups is 1. The van der Waals surface area contributed by atoms with E-state index >= 15 is 0 Å². The highest BCUT2D eigenvalue weighted by molar-refractivity contribution is 5.76. The van der Waals surface area contributed by atoms with Crippen LogP contribution in [0.3, 0.4) is 0 Å². The molecule has 25 heavy (non-hydrogen) atoms. The van der Waals surface area contributed by atoms with Crippen molar-refractivity contribution >= 4 is 5.91 Å². The summed E-state index contributed by atoms with van der Waals surface area (Å²) in [7, 11) is 1.81. The highest BCUT2D eigenvalue weighted by atomic mass is 16.5. The fourth-order valence-corrected chi connectivity index (χ4v) is 2.96. The maximum absolute atomic E-state index is 11.9. The van der Waals surface area contributed by atoms with E-state index in [1.165, 1.54) is 11.1 Å². The number of nitrogens with zero attached hydrogens (tertiary/aromatic N) is 1. The molecule has 2 aromatic carbocycles. The Labute approximate surface area is 150 Å². The van der Waals surface area contributed by atoms with Gasteiger partial charge >= 0.3 is 0 Å². The van der Waals surface area contributed by atoms with Crippen LogP contribution in [0.1, 0.15) is 34.2 Å². The molecule has 4 nitrogen and oxygen atoms in total. The summed E-state index contributed by atoms with van der Waals surface area (Å²) in [5.74, 6) is 0.987. The van der Waals surface area contributed by atoms with Crippen LogP contribution in [0.4, 0.5) is 0 Å². The molecule has 0 aliphatic carbocycles. The number of nitrogens with two attached hydrogens (primary N) is 1. The third kappa shape index (κ3) is 5.07. The van der Waals surface area contributed by atoms with Crippen LogP contribution >= 0.6 is 0 Å². The van der Waals surface area contributed by atoms with E-state index in [9.17, 15) is 4.79 Å². The van der Waals surface area contributed by atoms with Crippen molar-refractivity contribution in [2.75, 3.05) is 13.6 Å². The molecule has 0 saturated heterocycles. The summed E-state index contributed by atoms with van der Waals surface area (Å²) in [6.45, 7) is 7.71. The van der Waals surface area contributed by atoms with Crippen molar-refractivity contribution in [1.82, 2.24) is 4.90 Å². The van der Waals surface area contributed by atoms with E-state index in [4.69, 9.17) is 10.5 Å². The van der Waals surface area contributed by atoms with Crippen molar-refractivity contribution in [2.24, 2.45) is 5.73 Å². The van der Waals surface area contributed by atoms with Crippen LogP contribution in [0.15, 0.2) is 36.4 Å². The third-order valence-electron chi connectivity index (χ3n) is 4.36. The molecule has 0 aliphatic rings. The highest BCUT2D eigenvalue weighted by Gasteiger charge is 2.12. The molecular weight excluding hydrogens is 312 g/mol. The number of hydrogen-bond acceptors (Lipinski definition) is 3. The minimum Gasteiger partial charge on any atom is -0.488 e. The zero-order valence-corrected chi connectivity index (χ0v) is 15.6. The van der Waals surface area contributed by atoms with Gasteiger partial charge in [0.1, 0.15) is 12.4 Å². The molecule has 4 heteroatoms. The second-order valence-electron chi connectivity index (χ2n) is 6.56. The summed E-state index contributed by atoms with van der Waals surface area (Å²) >= 11 is 0. The van der Waals surface area contributed by atoms with Crippen LogP contribution < -0.4 is 10.5 Å². The van der Waals surface area contributed by atoms with E-state index in [1.807, 2.05) is 33.0 Å². The predicted molar refractivity (Wildman–Crippen MR) is 102 cm³/mol. The van der Waals surface area contributed by atoms with Gasteiger partial charge in [0.05, 0.1) is 0 Å². The Morgan fingerprint density at radius 3 is 2.32 bits per heavy atom. The Hall–Kier alpha value is -2.33. The van der Waals surface area contributed by atoms with Gasteiger partial charge in [0, 0.05) is 26.6 Å². The molecule has 0 heterocycles. The lowest BCUT2D eigenvalue weighted by Crippen LogP contribution is -2.28. The number of rotatable bonds is 7. The minimum absolute atomic E-state index is 0.0673. The lowest BCUT2D eigenvalue weighted by molar-refractivity contribution is -0.130. The molecule has 0 spiro atoms. The molecule has 0 unspecified atom stereocenters. The van der Waals surface area contributed by atoms with Crippen molar-refractivity contribution < 1.29 is 9.53 Å². The van der Waals surface area contributed by atoms with Gasteiger partial charge in [0.2, 0.25) is 5.91 Å². The zero-order valence-electron chi connectivity index (χ0n) is 15.6. The smallest absolute Gasteiger partial charge is 0.223 e. The maximum Gasteiger partial charge on any atom is 0.223 e. The lowest BCUT2D eigenvalue weighted by Gasteiger charge is -2.19. The van der Waals surface area contributed by atoms with Crippen LogP contribution in [0.2, 0.25) is 0 Å². The van der Waals surface area contributed by atoms with Crippen LogP contribution in [0.5, 0.6) is 5.75 Å². The first kappa shape index (κ1) is 19.0. The number of benzene rings is 2. The number of amides is 1. The summed E-state index contributed by atoms with van der Waals surface area (Å²) in [4.78, 5) is 13.6. The number of carbonyl (C=O) groups excluding carboxylic acids is 1. The monoisotopic (exact) mass is 340 g/mol. The van der Waals surface area contributed by atoms with E-state index in [2.05, 4.69) is 31.2 Å². The molecule has 0 aromatic heterocycles. The van der Waals surface area contributed by atoms with Crippen molar-refractivity contribution in [2.45, 2.75) is 40.3 Å². The van der Waals surface area contributed by atoms with Crippen LogP contribution in [-0.4, -0.2) is 24.4 Å². The van der Waals surface area contributed by atoms with Crippen LogP contribution in [-0.2, 0) is 17.9 Å². The quantitative estimate of drug-likeness (QED) is 0.839. The van der Waals surface area contributed by atoms with Crippen molar-refractivity contribution in [3.05, 3.63) is 64.2 Å². The van der Waals surface area contributed by atoms with E-state index < -0.39 is 0 Å². The average molecular weight is 340 g/mol. The van der Waals surface area contributed by atoms with Gasteiger partial charge in [0.15, 0.2) is 0 Å². The molecule has 0 bridgehead atoms. The number of ether oxygens (including phenoxy) is 1. The first-order chi connectivity index (χ1) is 11.9. The Kier molecular flexibility index (Phi) is 6.59. The van der Waals surface area contributed by atoms with Gasteiger partial charge < -0.3 is 15.4 Å². The van der Waals surface area contributed by atoms with E-state index in [1.54, 1.807) is 4.90 Å². The fraction of sp³-hybridized carbons (Fsp3) is 0.381. The molecule has 2 rings (SSSR count). The first-order valence-electron chi connectivity index (χ1n) is 8.63. The zero-order chi connectivity index (χ0) is 18.4. The van der Waals surface area contributed by atoms with Crippen molar-refractivity contribution in [1.29, 1.82) is 0 Å². The summed E-state index contributed by atoms with van der Waals surface area (Å²) in [6, 6.07) is 12.4. The summed E-state index contributed by atoms with van der Waals surface area (Å²) in [5, 5.41) is 0. The van der Waals surface area contributed by atoms with Crippen LogP contribution in [0.25, 0.3) is 0 Å². The topological polar surface area (TPSA) is 55.6 Å². The van der Waals surface area contributed by atoms with Gasteiger partial charge in [-0.3, -0.25) is 4.79 Å². The molecule has 0 fully saturated rings. The highest BCUT2D eigenvalue weighted by Crippen LogP contribution is 2.26. The lowest BCUT2D eigenvalue weighted by atomic mass is 10.0. The number of hydrogen-bond donors (Lipinski definition) is 1. The second-order valence-corrected chi connectivity index (χ2v) is 6.56. The first-order valence-corrected chi connectivity index (χ1v) is 8.63. The maximum atomic E-state index is 11.9. The van der Waals surface area contributed by atoms with Gasteiger partial charge in [-0.1, -0.05) is 36.4 Å². The standard InChI is InChI=1S/C21H28N2O2/c1-15-7-5-6-8-19(15)14-25-21-16(2)11-18(12-17(21)3)13-23(4)20(24)9-10-22/h5-8,11-12H,9-10,13-14,22H2,1-4H3. The molecule has 0 atom stereocenters. The minimum atomic E-state index is 0.0673. The van der Waals surface area contributed by atoms with Gasteiger partial charge in [-0.25, -0.2) is 0 Å². The molecule has 0 radical (unpaired) electrons. The van der Waals surface area contributed by atoms with Gasteiger partial charge in [0.25, 0.3) is 0 Å². The molecule has 0 saturated carbocycles. The average Bonchev–Trinajstić information content (AvgIpc) is 2.55. The summed E-state index contributed by atoms with van der Waals surface area (Å²) in [5.41, 5.74) is 11.2. The van der Waals surface area contributed by atoms with Gasteiger partial charge in [-0.05, 0) is 48.6 Å². The molecule has 0 aliphatic heterocycles. The molecule has 1 amide bonds. The molecule has 2 N–H and O–H groups in total. The summed E-state index contributed by atoms with van der Waals surface area (Å²) in [6.07, 6.45) is 0.381. The third-order valence-corrected chi connectivity index (χ3v) is 4.36. The van der Waals surface area contributed by atoms with Gasteiger partial charge in [-0.15, -0.1) is 0 Å². The van der Waals surface area contributed by atoms with E-state index in [0.717, 1.165) is 22.4 Å². The van der Waals surface area contributed by atoms with Crippen molar-refractivity contribution in [3.8, 4) is 5.75 Å². The van der Waals surface area contributed by atoms with Crippen molar-refractivity contribution in [3.63, 3.8) is 0 Å². The van der Waals surface area contributed by atoms with E-state index in [-0.39, 0.29) is 5.91 Å². The molecular formula is C21H28N2O2.